The average Bonchev–Trinajstić information content (AvgIpc) is 2.96. The molecule has 9 nitrogen and oxygen atoms in total. The van der Waals surface area contributed by atoms with Crippen LogP contribution in [0.15, 0.2) is 85.2 Å². The number of esters is 1. The molecule has 0 bridgehead atoms. The molecule has 0 saturated heterocycles. The first-order valence-corrected chi connectivity index (χ1v) is 11.7. The number of anilines is 2. The molecule has 39 heavy (non-hydrogen) atoms. The summed E-state index contributed by atoms with van der Waals surface area (Å²) in [5, 5.41) is 13.8. The molecule has 0 fully saturated rings. The van der Waals surface area contributed by atoms with Crippen LogP contribution in [0.1, 0.15) is 36.6 Å². The molecule has 0 aliphatic heterocycles. The highest BCUT2D eigenvalue weighted by atomic mass is 19.1. The van der Waals surface area contributed by atoms with E-state index in [-0.39, 0.29) is 30.0 Å². The second-order valence-electron chi connectivity index (χ2n) is 8.24. The minimum atomic E-state index is -0.681. The van der Waals surface area contributed by atoms with E-state index in [4.69, 9.17) is 15.7 Å². The van der Waals surface area contributed by atoms with Gasteiger partial charge in [0, 0.05) is 29.6 Å². The van der Waals surface area contributed by atoms with Gasteiger partial charge in [-0.15, -0.1) is 0 Å². The molecule has 4 N–H and O–H groups in total. The number of hydrogen-bond acceptors (Lipinski definition) is 7. The van der Waals surface area contributed by atoms with E-state index in [9.17, 15) is 18.8 Å². The molecular weight excluding hydrogens is 501 g/mol. The number of nitrogens with zero attached hydrogens (tertiary/aromatic N) is 2. The number of hydrogen-bond donors (Lipinski definition) is 3. The van der Waals surface area contributed by atoms with E-state index >= 15 is 0 Å². The number of carbonyl (C=O) groups is 3. The maximum atomic E-state index is 13.9. The van der Waals surface area contributed by atoms with Crippen molar-refractivity contribution in [2.75, 3.05) is 17.2 Å². The Morgan fingerprint density at radius 2 is 1.67 bits per heavy atom. The van der Waals surface area contributed by atoms with Gasteiger partial charge in [0.15, 0.2) is 12.4 Å². The molecular formula is C29H22FN5O4. The van der Waals surface area contributed by atoms with Crippen molar-refractivity contribution in [3.05, 3.63) is 113 Å². The van der Waals surface area contributed by atoms with E-state index in [1.54, 1.807) is 60.7 Å². The second-order valence-corrected chi connectivity index (χ2v) is 8.24. The number of carbonyl (C=O) groups excluding carboxylic acids is 3. The van der Waals surface area contributed by atoms with Crippen molar-refractivity contribution in [1.29, 1.82) is 5.26 Å². The largest absolute Gasteiger partial charge is 0.447 e. The van der Waals surface area contributed by atoms with Crippen LogP contribution in [-0.2, 0) is 11.3 Å². The molecule has 4 aromatic rings. The number of rotatable bonds is 8. The van der Waals surface area contributed by atoms with Gasteiger partial charge in [-0.05, 0) is 65.2 Å². The molecule has 0 saturated carbocycles. The molecule has 0 radical (unpaired) electrons. The maximum absolute atomic E-state index is 13.9. The standard InChI is InChI=1S/C29H22FN5O4/c30-25-17-33-11-9-26(25)35-28(37)20-7-8-22(16-32)24(15-20)18-3-1-4-19(13-18)27(36)34-23-6-2-5-21(14-23)29(38)39-12-10-31/h1-9,11,13-15,17H,12,16,32H2,(H,34,36)(H,33,35,37). The SMILES string of the molecule is N#CCOC(=O)c1cccc(NC(=O)c2cccc(-c3cc(C(=O)Nc4ccncc4F)ccc3CN)c2)c1. The van der Waals surface area contributed by atoms with Crippen molar-refractivity contribution in [1.82, 2.24) is 4.98 Å². The van der Waals surface area contributed by atoms with Crippen molar-refractivity contribution in [2.45, 2.75) is 6.54 Å². The Bertz CT molecular complexity index is 1600. The number of amides is 2. The lowest BCUT2D eigenvalue weighted by molar-refractivity contribution is 0.0554. The van der Waals surface area contributed by atoms with Gasteiger partial charge in [0.2, 0.25) is 0 Å². The fourth-order valence-electron chi connectivity index (χ4n) is 3.77. The summed E-state index contributed by atoms with van der Waals surface area (Å²) in [6.07, 6.45) is 2.38. The van der Waals surface area contributed by atoms with E-state index in [2.05, 4.69) is 15.6 Å². The van der Waals surface area contributed by atoms with Gasteiger partial charge in [-0.25, -0.2) is 9.18 Å². The van der Waals surface area contributed by atoms with Crippen molar-refractivity contribution in [3.8, 4) is 17.2 Å². The summed E-state index contributed by atoms with van der Waals surface area (Å²) in [5.74, 6) is -2.30. The van der Waals surface area contributed by atoms with Gasteiger partial charge < -0.3 is 21.1 Å². The molecule has 0 aliphatic rings. The Morgan fingerprint density at radius 3 is 2.44 bits per heavy atom. The molecule has 194 valence electrons. The summed E-state index contributed by atoms with van der Waals surface area (Å²) in [6.45, 7) is -0.197. The molecule has 1 heterocycles. The van der Waals surface area contributed by atoms with Crippen LogP contribution in [0.25, 0.3) is 11.1 Å². The van der Waals surface area contributed by atoms with Gasteiger partial charge in [0.05, 0.1) is 17.4 Å². The van der Waals surface area contributed by atoms with Gasteiger partial charge in [-0.3, -0.25) is 14.6 Å². The first-order valence-electron chi connectivity index (χ1n) is 11.7. The monoisotopic (exact) mass is 523 g/mol. The third-order valence-electron chi connectivity index (χ3n) is 5.67. The summed E-state index contributed by atoms with van der Waals surface area (Å²) in [7, 11) is 0. The molecule has 0 aliphatic carbocycles. The number of benzene rings is 3. The molecule has 10 heteroatoms. The lowest BCUT2D eigenvalue weighted by Crippen LogP contribution is -2.14. The quantitative estimate of drug-likeness (QED) is 0.287. The zero-order chi connectivity index (χ0) is 27.8. The number of nitriles is 1. The summed E-state index contributed by atoms with van der Waals surface area (Å²) >= 11 is 0. The number of halogens is 1. The molecule has 3 aromatic carbocycles. The van der Waals surface area contributed by atoms with E-state index < -0.39 is 23.6 Å². The normalized spacial score (nSPS) is 10.3. The van der Waals surface area contributed by atoms with Gasteiger partial charge in [-0.2, -0.15) is 5.26 Å². The minimum absolute atomic E-state index is 0.000477. The zero-order valence-corrected chi connectivity index (χ0v) is 20.5. The Kier molecular flexibility index (Phi) is 8.36. The van der Waals surface area contributed by atoms with Crippen molar-refractivity contribution < 1.29 is 23.5 Å². The number of nitrogens with two attached hydrogens (primary N) is 1. The van der Waals surface area contributed by atoms with Crippen LogP contribution in [0.2, 0.25) is 0 Å². The molecule has 0 atom stereocenters. The average molecular weight is 524 g/mol. The van der Waals surface area contributed by atoms with Crippen LogP contribution < -0.4 is 16.4 Å². The van der Waals surface area contributed by atoms with Gasteiger partial charge >= 0.3 is 5.97 Å². The predicted octanol–water partition coefficient (Wildman–Crippen LogP) is 4.53. The third kappa shape index (κ3) is 6.49. The van der Waals surface area contributed by atoms with Crippen LogP contribution in [0, 0.1) is 17.1 Å². The van der Waals surface area contributed by atoms with Crippen LogP contribution in [0.5, 0.6) is 0 Å². The Balaban J connectivity index is 1.57. The third-order valence-corrected chi connectivity index (χ3v) is 5.67. The number of ether oxygens (including phenoxy) is 1. The molecule has 1 aromatic heterocycles. The number of nitrogens with one attached hydrogen (secondary N) is 2. The summed E-state index contributed by atoms with van der Waals surface area (Å²) in [5.41, 5.74) is 9.09. The summed E-state index contributed by atoms with van der Waals surface area (Å²) in [4.78, 5) is 41.5. The van der Waals surface area contributed by atoms with E-state index in [1.165, 1.54) is 24.4 Å². The highest BCUT2D eigenvalue weighted by molar-refractivity contribution is 6.07. The van der Waals surface area contributed by atoms with Crippen LogP contribution in [0.3, 0.4) is 0 Å². The van der Waals surface area contributed by atoms with Crippen LogP contribution >= 0.6 is 0 Å². The topological polar surface area (TPSA) is 147 Å². The summed E-state index contributed by atoms with van der Waals surface area (Å²) < 4.78 is 18.8. The molecule has 2 amide bonds. The van der Waals surface area contributed by atoms with Crippen molar-refractivity contribution in [3.63, 3.8) is 0 Å². The number of aromatic nitrogens is 1. The highest BCUT2D eigenvalue weighted by Gasteiger charge is 2.15. The Hall–Kier alpha value is -5.40. The summed E-state index contributed by atoms with van der Waals surface area (Å²) in [6, 6.07) is 20.9. The highest BCUT2D eigenvalue weighted by Crippen LogP contribution is 2.27. The molecule has 4 rings (SSSR count). The predicted molar refractivity (Wildman–Crippen MR) is 142 cm³/mol. The fraction of sp³-hybridized carbons (Fsp3) is 0.0690. The van der Waals surface area contributed by atoms with Crippen molar-refractivity contribution in [2.24, 2.45) is 5.73 Å². The van der Waals surface area contributed by atoms with Crippen LogP contribution in [0.4, 0.5) is 15.8 Å². The minimum Gasteiger partial charge on any atom is -0.447 e. The van der Waals surface area contributed by atoms with Gasteiger partial charge in [0.1, 0.15) is 6.07 Å². The van der Waals surface area contributed by atoms with E-state index in [0.29, 0.717) is 22.4 Å². The Labute approximate surface area is 223 Å². The van der Waals surface area contributed by atoms with Crippen LogP contribution in [-0.4, -0.2) is 29.4 Å². The van der Waals surface area contributed by atoms with Crippen molar-refractivity contribution >= 4 is 29.2 Å². The molecule has 0 spiro atoms. The zero-order valence-electron chi connectivity index (χ0n) is 20.5. The fourth-order valence-corrected chi connectivity index (χ4v) is 3.77. The van der Waals surface area contributed by atoms with Gasteiger partial charge in [-0.1, -0.05) is 24.3 Å². The molecule has 0 unspecified atom stereocenters. The lowest BCUT2D eigenvalue weighted by atomic mass is 9.95. The smallest absolute Gasteiger partial charge is 0.339 e. The lowest BCUT2D eigenvalue weighted by Gasteiger charge is -2.13. The second kappa shape index (κ2) is 12.2. The first kappa shape index (κ1) is 26.7. The van der Waals surface area contributed by atoms with Gasteiger partial charge in [0.25, 0.3) is 11.8 Å². The van der Waals surface area contributed by atoms with E-state index in [1.807, 2.05) is 0 Å². The number of pyridine rings is 1. The maximum Gasteiger partial charge on any atom is 0.339 e. The first-order chi connectivity index (χ1) is 18.9. The Morgan fingerprint density at radius 1 is 0.923 bits per heavy atom. The van der Waals surface area contributed by atoms with E-state index in [0.717, 1.165) is 11.8 Å².